The van der Waals surface area contributed by atoms with Gasteiger partial charge in [-0.1, -0.05) is 54.6 Å². The van der Waals surface area contributed by atoms with Crippen molar-refractivity contribution in [1.82, 2.24) is 14.7 Å². The van der Waals surface area contributed by atoms with E-state index in [9.17, 15) is 9.59 Å². The minimum absolute atomic E-state index is 0.205. The smallest absolute Gasteiger partial charge is 0.268 e. The van der Waals surface area contributed by atoms with Gasteiger partial charge in [0.15, 0.2) is 0 Å². The zero-order valence-corrected chi connectivity index (χ0v) is 15.8. The first-order chi connectivity index (χ1) is 13.7. The topological polar surface area (TPSA) is 55.2 Å². The van der Waals surface area contributed by atoms with Crippen LogP contribution in [0.5, 0.6) is 0 Å². The van der Waals surface area contributed by atoms with E-state index in [-0.39, 0.29) is 17.7 Å². The zero-order chi connectivity index (χ0) is 19.5. The molecule has 5 nitrogen and oxygen atoms in total. The lowest BCUT2D eigenvalue weighted by Crippen LogP contribution is -2.27. The summed E-state index contributed by atoms with van der Waals surface area (Å²) in [6.45, 7) is 3.81. The number of thioether (sulfide) groups is 1. The van der Waals surface area contributed by atoms with Gasteiger partial charge in [-0.25, -0.2) is 4.68 Å². The molecular formula is C22H17N3O2S. The predicted molar refractivity (Wildman–Crippen MR) is 112 cm³/mol. The molecule has 2 heterocycles. The van der Waals surface area contributed by atoms with E-state index in [1.807, 2.05) is 66.9 Å². The molecule has 4 rings (SSSR count). The van der Waals surface area contributed by atoms with Gasteiger partial charge in [-0.3, -0.25) is 14.5 Å². The maximum atomic E-state index is 12.6. The van der Waals surface area contributed by atoms with Crippen LogP contribution in [-0.2, 0) is 4.79 Å². The monoisotopic (exact) mass is 387 g/mol. The largest absolute Gasteiger partial charge is 0.293 e. The molecule has 0 radical (unpaired) electrons. The van der Waals surface area contributed by atoms with Crippen LogP contribution in [0.15, 0.2) is 84.4 Å². The average molecular weight is 387 g/mol. The van der Waals surface area contributed by atoms with E-state index >= 15 is 0 Å². The van der Waals surface area contributed by atoms with Gasteiger partial charge < -0.3 is 0 Å². The second kappa shape index (κ2) is 7.70. The van der Waals surface area contributed by atoms with Crippen LogP contribution in [0.25, 0.3) is 23.0 Å². The van der Waals surface area contributed by atoms with E-state index in [4.69, 9.17) is 5.10 Å². The van der Waals surface area contributed by atoms with E-state index < -0.39 is 0 Å². The molecule has 1 aliphatic heterocycles. The van der Waals surface area contributed by atoms with Gasteiger partial charge in [0.25, 0.3) is 11.1 Å². The quantitative estimate of drug-likeness (QED) is 0.468. The molecule has 28 heavy (non-hydrogen) atoms. The number of benzene rings is 2. The molecule has 2 amide bonds. The van der Waals surface area contributed by atoms with Crippen molar-refractivity contribution in [3.8, 4) is 16.9 Å². The second-order valence-electron chi connectivity index (χ2n) is 6.16. The molecule has 0 N–H and O–H groups in total. The summed E-state index contributed by atoms with van der Waals surface area (Å²) in [7, 11) is 0. The van der Waals surface area contributed by atoms with Crippen molar-refractivity contribution in [2.24, 2.45) is 0 Å². The molecule has 0 bridgehead atoms. The summed E-state index contributed by atoms with van der Waals surface area (Å²) in [4.78, 5) is 26.3. The summed E-state index contributed by atoms with van der Waals surface area (Å²) >= 11 is 0.939. The van der Waals surface area contributed by atoms with E-state index in [0.717, 1.165) is 34.3 Å². The fourth-order valence-corrected chi connectivity index (χ4v) is 3.79. The molecule has 3 aromatic rings. The van der Waals surface area contributed by atoms with Crippen LogP contribution in [0.4, 0.5) is 4.79 Å². The Labute approximate surface area is 167 Å². The van der Waals surface area contributed by atoms with Crippen molar-refractivity contribution in [3.05, 3.63) is 90.0 Å². The summed E-state index contributed by atoms with van der Waals surface area (Å²) in [5.41, 5.74) is 3.38. The Hall–Kier alpha value is -3.38. The second-order valence-corrected chi connectivity index (χ2v) is 7.15. The Bertz CT molecular complexity index is 1070. The highest BCUT2D eigenvalue weighted by molar-refractivity contribution is 8.18. The van der Waals surface area contributed by atoms with Crippen LogP contribution >= 0.6 is 11.8 Å². The number of rotatable bonds is 5. The first kappa shape index (κ1) is 18.0. The summed E-state index contributed by atoms with van der Waals surface area (Å²) < 4.78 is 1.78. The minimum atomic E-state index is -0.304. The summed E-state index contributed by atoms with van der Waals surface area (Å²) in [5.74, 6) is -0.304. The van der Waals surface area contributed by atoms with Gasteiger partial charge in [-0.2, -0.15) is 5.10 Å². The van der Waals surface area contributed by atoms with Gasteiger partial charge >= 0.3 is 0 Å². The van der Waals surface area contributed by atoms with E-state index in [2.05, 4.69) is 6.58 Å². The summed E-state index contributed by atoms with van der Waals surface area (Å²) in [6.07, 6.45) is 5.16. The molecule has 138 valence electrons. The number of carbonyl (C=O) groups excluding carboxylic acids is 2. The van der Waals surface area contributed by atoms with Crippen molar-refractivity contribution < 1.29 is 9.59 Å². The highest BCUT2D eigenvalue weighted by Crippen LogP contribution is 2.34. The van der Waals surface area contributed by atoms with Crippen molar-refractivity contribution in [1.29, 1.82) is 0 Å². The molecule has 1 fully saturated rings. The summed E-state index contributed by atoms with van der Waals surface area (Å²) in [6, 6.07) is 19.5. The van der Waals surface area contributed by atoms with Crippen molar-refractivity contribution in [2.75, 3.05) is 6.54 Å². The fourth-order valence-electron chi connectivity index (χ4n) is 2.95. The molecule has 0 aliphatic carbocycles. The molecular weight excluding hydrogens is 370 g/mol. The first-order valence-electron chi connectivity index (χ1n) is 8.74. The first-order valence-corrected chi connectivity index (χ1v) is 9.56. The Kier molecular flexibility index (Phi) is 4.95. The number of imide groups is 1. The predicted octanol–water partition coefficient (Wildman–Crippen LogP) is 4.76. The van der Waals surface area contributed by atoms with Crippen LogP contribution < -0.4 is 0 Å². The Morgan fingerprint density at radius 1 is 1.00 bits per heavy atom. The number of hydrogen-bond donors (Lipinski definition) is 0. The third-order valence-corrected chi connectivity index (χ3v) is 5.19. The van der Waals surface area contributed by atoms with E-state index in [1.165, 1.54) is 4.90 Å². The van der Waals surface area contributed by atoms with Crippen LogP contribution in [0.3, 0.4) is 0 Å². The molecule has 0 saturated carbocycles. The number of hydrogen-bond acceptors (Lipinski definition) is 4. The SMILES string of the molecule is C=CCN1C(=O)S/C(=C\c2cn(-c3ccccc3)nc2-c2ccccc2)C1=O. The normalized spacial score (nSPS) is 15.4. The fraction of sp³-hybridized carbons (Fsp3) is 0.0455. The highest BCUT2D eigenvalue weighted by Gasteiger charge is 2.34. The number of para-hydroxylation sites is 1. The number of carbonyl (C=O) groups is 2. The molecule has 2 aromatic carbocycles. The van der Waals surface area contributed by atoms with Crippen LogP contribution in [0.1, 0.15) is 5.56 Å². The highest BCUT2D eigenvalue weighted by atomic mass is 32.2. The number of nitrogens with zero attached hydrogens (tertiary/aromatic N) is 3. The van der Waals surface area contributed by atoms with Crippen LogP contribution in [0.2, 0.25) is 0 Å². The van der Waals surface area contributed by atoms with Gasteiger partial charge in [-0.15, -0.1) is 6.58 Å². The third-order valence-electron chi connectivity index (χ3n) is 4.28. The van der Waals surface area contributed by atoms with Crippen molar-refractivity contribution in [2.45, 2.75) is 0 Å². The Morgan fingerprint density at radius 2 is 1.68 bits per heavy atom. The van der Waals surface area contributed by atoms with Crippen LogP contribution in [0, 0.1) is 0 Å². The Balaban J connectivity index is 1.80. The Morgan fingerprint density at radius 3 is 2.36 bits per heavy atom. The van der Waals surface area contributed by atoms with Crippen LogP contribution in [-0.4, -0.2) is 32.4 Å². The zero-order valence-electron chi connectivity index (χ0n) is 15.0. The maximum absolute atomic E-state index is 12.6. The van der Waals surface area contributed by atoms with Crippen molar-refractivity contribution in [3.63, 3.8) is 0 Å². The molecule has 1 saturated heterocycles. The lowest BCUT2D eigenvalue weighted by molar-refractivity contribution is -0.122. The van der Waals surface area contributed by atoms with Gasteiger partial charge in [0.1, 0.15) is 0 Å². The standard InChI is InChI=1S/C22H17N3O2S/c1-2-13-24-21(26)19(28-22(24)27)14-17-15-25(18-11-7-4-8-12-18)23-20(17)16-9-5-3-6-10-16/h2-12,14-15H,1,13H2/b19-14-. The molecule has 1 aromatic heterocycles. The minimum Gasteiger partial charge on any atom is -0.268 e. The molecule has 0 atom stereocenters. The maximum Gasteiger partial charge on any atom is 0.293 e. The molecule has 0 unspecified atom stereocenters. The number of aromatic nitrogens is 2. The lowest BCUT2D eigenvalue weighted by Gasteiger charge is -2.07. The van der Waals surface area contributed by atoms with Crippen molar-refractivity contribution >= 4 is 29.0 Å². The lowest BCUT2D eigenvalue weighted by atomic mass is 10.1. The van der Waals surface area contributed by atoms with Gasteiger partial charge in [0.2, 0.25) is 0 Å². The van der Waals surface area contributed by atoms with E-state index in [1.54, 1.807) is 16.8 Å². The average Bonchev–Trinajstić information content (AvgIpc) is 3.26. The third kappa shape index (κ3) is 3.42. The van der Waals surface area contributed by atoms with E-state index in [0.29, 0.717) is 4.91 Å². The van der Waals surface area contributed by atoms with Gasteiger partial charge in [-0.05, 0) is 30.0 Å². The molecule has 6 heteroatoms. The van der Waals surface area contributed by atoms with Gasteiger partial charge in [0.05, 0.1) is 16.3 Å². The molecule has 1 aliphatic rings. The summed E-state index contributed by atoms with van der Waals surface area (Å²) in [5, 5.41) is 4.44. The molecule has 0 spiro atoms. The number of amides is 2. The van der Waals surface area contributed by atoms with Gasteiger partial charge in [0, 0.05) is 23.9 Å².